The molecule has 1 aromatic heterocycles. The molecule has 0 saturated carbocycles. The maximum atomic E-state index is 5.52. The molecule has 0 amide bonds. The summed E-state index contributed by atoms with van der Waals surface area (Å²) in [6.45, 7) is 0. The minimum Gasteiger partial charge on any atom is -0.497 e. The molecule has 0 unspecified atom stereocenters. The third-order valence-corrected chi connectivity index (χ3v) is 2.83. The zero-order valence-corrected chi connectivity index (χ0v) is 9.88. The minimum atomic E-state index is 0.192. The fourth-order valence-electron chi connectivity index (χ4n) is 1.91. The van der Waals surface area contributed by atoms with Crippen molar-refractivity contribution in [3.05, 3.63) is 42.5 Å². The van der Waals surface area contributed by atoms with E-state index in [0.717, 1.165) is 22.4 Å². The molecule has 0 fully saturated rings. The fourth-order valence-corrected chi connectivity index (χ4v) is 1.91. The Morgan fingerprint density at radius 1 is 1.06 bits per heavy atom. The zero-order chi connectivity index (χ0) is 12.5. The van der Waals surface area contributed by atoms with E-state index >= 15 is 0 Å². The SMILES string of the molecule is COc1ccc(-c2ccc3oc(N)nc3c2)cc1. The number of nitrogens with two attached hydrogens (primary N) is 1. The molecule has 0 bridgehead atoms. The summed E-state index contributed by atoms with van der Waals surface area (Å²) >= 11 is 0. The van der Waals surface area contributed by atoms with E-state index in [9.17, 15) is 0 Å². The summed E-state index contributed by atoms with van der Waals surface area (Å²) in [6, 6.07) is 13.9. The average Bonchev–Trinajstić information content (AvgIpc) is 2.78. The number of rotatable bonds is 2. The first-order chi connectivity index (χ1) is 8.76. The van der Waals surface area contributed by atoms with E-state index in [0.29, 0.717) is 5.58 Å². The van der Waals surface area contributed by atoms with Crippen molar-refractivity contribution in [1.82, 2.24) is 4.98 Å². The van der Waals surface area contributed by atoms with Gasteiger partial charge in [0.1, 0.15) is 11.3 Å². The first-order valence-corrected chi connectivity index (χ1v) is 5.57. The molecule has 2 N–H and O–H groups in total. The van der Waals surface area contributed by atoms with Crippen molar-refractivity contribution >= 4 is 17.1 Å². The third-order valence-electron chi connectivity index (χ3n) is 2.83. The van der Waals surface area contributed by atoms with Crippen molar-refractivity contribution in [2.75, 3.05) is 12.8 Å². The van der Waals surface area contributed by atoms with E-state index in [-0.39, 0.29) is 6.01 Å². The molecular formula is C14H12N2O2. The maximum absolute atomic E-state index is 5.52. The number of nitrogen functional groups attached to an aromatic ring is 1. The van der Waals surface area contributed by atoms with Crippen LogP contribution in [0.1, 0.15) is 0 Å². The molecule has 0 saturated heterocycles. The summed E-state index contributed by atoms with van der Waals surface area (Å²) in [4.78, 5) is 4.12. The summed E-state index contributed by atoms with van der Waals surface area (Å²) in [7, 11) is 1.65. The van der Waals surface area contributed by atoms with E-state index in [2.05, 4.69) is 4.98 Å². The molecule has 0 aliphatic carbocycles. The van der Waals surface area contributed by atoms with Crippen LogP contribution < -0.4 is 10.5 Å². The smallest absolute Gasteiger partial charge is 0.292 e. The van der Waals surface area contributed by atoms with Crippen LogP contribution in [0.4, 0.5) is 6.01 Å². The summed E-state index contributed by atoms with van der Waals surface area (Å²) in [5, 5.41) is 0. The van der Waals surface area contributed by atoms with Crippen molar-refractivity contribution in [2.45, 2.75) is 0 Å². The highest BCUT2D eigenvalue weighted by molar-refractivity contribution is 5.81. The Hall–Kier alpha value is -2.49. The monoisotopic (exact) mass is 240 g/mol. The van der Waals surface area contributed by atoms with E-state index in [1.54, 1.807) is 7.11 Å². The van der Waals surface area contributed by atoms with Crippen LogP contribution in [0.2, 0.25) is 0 Å². The number of anilines is 1. The number of hydrogen-bond donors (Lipinski definition) is 1. The van der Waals surface area contributed by atoms with Gasteiger partial charge in [0.05, 0.1) is 7.11 Å². The summed E-state index contributed by atoms with van der Waals surface area (Å²) in [5.41, 5.74) is 9.15. The topological polar surface area (TPSA) is 61.3 Å². The Bertz CT molecular complexity index is 687. The standard InChI is InChI=1S/C14H12N2O2/c1-17-11-5-2-9(3-6-11)10-4-7-13-12(8-10)16-14(15)18-13/h2-8H,1H3,(H2,15,16). The number of hydrogen-bond acceptors (Lipinski definition) is 4. The third kappa shape index (κ3) is 1.78. The van der Waals surface area contributed by atoms with Crippen molar-refractivity contribution in [3.8, 4) is 16.9 Å². The summed E-state index contributed by atoms with van der Waals surface area (Å²) in [5.74, 6) is 0.838. The quantitative estimate of drug-likeness (QED) is 0.747. The Morgan fingerprint density at radius 3 is 2.50 bits per heavy atom. The van der Waals surface area contributed by atoms with Gasteiger partial charge in [0.2, 0.25) is 0 Å². The van der Waals surface area contributed by atoms with Crippen LogP contribution in [0.3, 0.4) is 0 Å². The molecule has 90 valence electrons. The second-order valence-electron chi connectivity index (χ2n) is 3.96. The van der Waals surface area contributed by atoms with Crippen LogP contribution in [0.15, 0.2) is 46.9 Å². The molecule has 2 aromatic carbocycles. The van der Waals surface area contributed by atoms with Gasteiger partial charge < -0.3 is 14.9 Å². The van der Waals surface area contributed by atoms with Gasteiger partial charge in [0.25, 0.3) is 6.01 Å². The Morgan fingerprint density at radius 2 is 1.78 bits per heavy atom. The molecular weight excluding hydrogens is 228 g/mol. The van der Waals surface area contributed by atoms with Crippen molar-refractivity contribution < 1.29 is 9.15 Å². The minimum absolute atomic E-state index is 0.192. The second-order valence-corrected chi connectivity index (χ2v) is 3.96. The van der Waals surface area contributed by atoms with E-state index in [1.165, 1.54) is 0 Å². The van der Waals surface area contributed by atoms with Gasteiger partial charge in [-0.25, -0.2) is 0 Å². The highest BCUT2D eigenvalue weighted by atomic mass is 16.5. The van der Waals surface area contributed by atoms with Crippen molar-refractivity contribution in [3.63, 3.8) is 0 Å². The fraction of sp³-hybridized carbons (Fsp3) is 0.0714. The first-order valence-electron chi connectivity index (χ1n) is 5.57. The van der Waals surface area contributed by atoms with Gasteiger partial charge in [0, 0.05) is 0 Å². The van der Waals surface area contributed by atoms with Crippen LogP contribution in [-0.4, -0.2) is 12.1 Å². The lowest BCUT2D eigenvalue weighted by atomic mass is 10.1. The molecule has 4 nitrogen and oxygen atoms in total. The predicted molar refractivity (Wildman–Crippen MR) is 70.4 cm³/mol. The number of methoxy groups -OCH3 is 1. The predicted octanol–water partition coefficient (Wildman–Crippen LogP) is 3.09. The lowest BCUT2D eigenvalue weighted by molar-refractivity contribution is 0.415. The number of nitrogens with zero attached hydrogens (tertiary/aromatic N) is 1. The lowest BCUT2D eigenvalue weighted by Crippen LogP contribution is -1.83. The molecule has 0 spiro atoms. The summed E-state index contributed by atoms with van der Waals surface area (Å²) in [6.07, 6.45) is 0. The van der Waals surface area contributed by atoms with E-state index in [1.807, 2.05) is 42.5 Å². The maximum Gasteiger partial charge on any atom is 0.292 e. The molecule has 3 aromatic rings. The van der Waals surface area contributed by atoms with Gasteiger partial charge in [-0.05, 0) is 35.4 Å². The van der Waals surface area contributed by atoms with Crippen LogP contribution in [0, 0.1) is 0 Å². The zero-order valence-electron chi connectivity index (χ0n) is 9.88. The van der Waals surface area contributed by atoms with Crippen LogP contribution in [-0.2, 0) is 0 Å². The molecule has 18 heavy (non-hydrogen) atoms. The van der Waals surface area contributed by atoms with Gasteiger partial charge in [-0.1, -0.05) is 18.2 Å². The average molecular weight is 240 g/mol. The molecule has 0 aliphatic rings. The Balaban J connectivity index is 2.06. The van der Waals surface area contributed by atoms with Crippen molar-refractivity contribution in [2.24, 2.45) is 0 Å². The van der Waals surface area contributed by atoms with Gasteiger partial charge in [-0.15, -0.1) is 0 Å². The van der Waals surface area contributed by atoms with E-state index in [4.69, 9.17) is 14.9 Å². The number of oxazole rings is 1. The molecule has 3 rings (SSSR count). The molecule has 0 aliphatic heterocycles. The number of benzene rings is 2. The van der Waals surface area contributed by atoms with Crippen LogP contribution in [0.25, 0.3) is 22.2 Å². The van der Waals surface area contributed by atoms with Crippen LogP contribution >= 0.6 is 0 Å². The number of fused-ring (bicyclic) bond motifs is 1. The van der Waals surface area contributed by atoms with Gasteiger partial charge in [-0.3, -0.25) is 0 Å². The van der Waals surface area contributed by atoms with E-state index < -0.39 is 0 Å². The summed E-state index contributed by atoms with van der Waals surface area (Å²) < 4.78 is 10.4. The molecule has 1 heterocycles. The van der Waals surface area contributed by atoms with Gasteiger partial charge in [-0.2, -0.15) is 4.98 Å². The van der Waals surface area contributed by atoms with Crippen molar-refractivity contribution in [1.29, 1.82) is 0 Å². The molecule has 0 atom stereocenters. The Labute approximate surface area is 104 Å². The lowest BCUT2D eigenvalue weighted by Gasteiger charge is -2.03. The second kappa shape index (κ2) is 4.07. The molecule has 4 heteroatoms. The largest absolute Gasteiger partial charge is 0.497 e. The highest BCUT2D eigenvalue weighted by Crippen LogP contribution is 2.26. The Kier molecular flexibility index (Phi) is 2.41. The molecule has 0 radical (unpaired) electrons. The van der Waals surface area contributed by atoms with Crippen LogP contribution in [0.5, 0.6) is 5.75 Å². The number of ether oxygens (including phenoxy) is 1. The highest BCUT2D eigenvalue weighted by Gasteiger charge is 2.05. The first kappa shape index (κ1) is 10.7. The van der Waals surface area contributed by atoms with Gasteiger partial charge >= 0.3 is 0 Å². The number of aromatic nitrogens is 1. The normalized spacial score (nSPS) is 10.7. The van der Waals surface area contributed by atoms with Gasteiger partial charge in [0.15, 0.2) is 5.58 Å².